The van der Waals surface area contributed by atoms with Crippen molar-refractivity contribution in [1.82, 2.24) is 0 Å². The van der Waals surface area contributed by atoms with Gasteiger partial charge in [0.2, 0.25) is 0 Å². The number of carbonyl (C=O) groups excluding carboxylic acids is 1. The minimum Gasteiger partial charge on any atom is -0.302 e. The summed E-state index contributed by atoms with van der Waals surface area (Å²) >= 11 is 1.77. The molecule has 3 rings (SSSR count). The highest BCUT2D eigenvalue weighted by Crippen LogP contribution is 2.47. The molecule has 1 atom stereocenters. The molecule has 1 aliphatic heterocycles. The van der Waals surface area contributed by atoms with Crippen molar-refractivity contribution in [2.24, 2.45) is 0 Å². The number of hydrogen-bond donors (Lipinski definition) is 0. The van der Waals surface area contributed by atoms with Crippen LogP contribution in [0.2, 0.25) is 0 Å². The smallest absolute Gasteiger partial charge is 0.131 e. The van der Waals surface area contributed by atoms with Gasteiger partial charge in [-0.25, -0.2) is 0 Å². The average Bonchev–Trinajstić information content (AvgIpc) is 2.43. The topological polar surface area (TPSA) is 17.1 Å². The molecular formula is C17H16OS. The summed E-state index contributed by atoms with van der Waals surface area (Å²) in [5, 5.41) is 0. The van der Waals surface area contributed by atoms with Gasteiger partial charge in [0.25, 0.3) is 0 Å². The highest BCUT2D eigenvalue weighted by molar-refractivity contribution is 7.99. The van der Waals surface area contributed by atoms with Crippen LogP contribution in [0.1, 0.15) is 42.4 Å². The van der Waals surface area contributed by atoms with Gasteiger partial charge in [0, 0.05) is 9.79 Å². The predicted molar refractivity (Wildman–Crippen MR) is 79.0 cm³/mol. The maximum Gasteiger partial charge on any atom is 0.131 e. The monoisotopic (exact) mass is 268 g/mol. The summed E-state index contributed by atoms with van der Waals surface area (Å²) in [6.07, 6.45) is 1.09. The molecule has 1 aliphatic rings. The Kier molecular flexibility index (Phi) is 3.19. The van der Waals surface area contributed by atoms with Gasteiger partial charge in [-0.3, -0.25) is 0 Å². The lowest BCUT2D eigenvalue weighted by atomic mass is 9.85. The second-order valence-electron chi connectivity index (χ2n) is 5.17. The van der Waals surface area contributed by atoms with E-state index in [9.17, 15) is 4.79 Å². The molecule has 0 fully saturated rings. The van der Waals surface area contributed by atoms with Gasteiger partial charge in [-0.2, -0.15) is 0 Å². The molecule has 0 aromatic heterocycles. The Bertz CT molecular complexity index is 631. The van der Waals surface area contributed by atoms with Crippen molar-refractivity contribution in [3.63, 3.8) is 0 Å². The zero-order valence-electron chi connectivity index (χ0n) is 11.1. The van der Waals surface area contributed by atoms with Crippen molar-refractivity contribution in [2.75, 3.05) is 0 Å². The second kappa shape index (κ2) is 4.86. The number of benzene rings is 2. The van der Waals surface area contributed by atoms with E-state index in [4.69, 9.17) is 0 Å². The summed E-state index contributed by atoms with van der Waals surface area (Å²) < 4.78 is 0. The summed E-state index contributed by atoms with van der Waals surface area (Å²) in [7, 11) is 0. The quantitative estimate of drug-likeness (QED) is 0.740. The molecule has 0 amide bonds. The molecule has 2 heteroatoms. The minimum absolute atomic E-state index is 0.119. The minimum atomic E-state index is -0.119. The van der Waals surface area contributed by atoms with E-state index in [-0.39, 0.29) is 5.92 Å². The fourth-order valence-corrected chi connectivity index (χ4v) is 3.93. The van der Waals surface area contributed by atoms with E-state index in [1.54, 1.807) is 11.8 Å². The Hall–Kier alpha value is -1.54. The van der Waals surface area contributed by atoms with E-state index in [1.165, 1.54) is 20.9 Å². The lowest BCUT2D eigenvalue weighted by molar-refractivity contribution is -0.108. The fraction of sp³-hybridized carbons (Fsp3) is 0.235. The van der Waals surface area contributed by atoms with E-state index in [1.807, 2.05) is 12.1 Å². The van der Waals surface area contributed by atoms with E-state index in [2.05, 4.69) is 44.2 Å². The molecule has 19 heavy (non-hydrogen) atoms. The Morgan fingerprint density at radius 1 is 1.05 bits per heavy atom. The van der Waals surface area contributed by atoms with Crippen molar-refractivity contribution in [2.45, 2.75) is 35.5 Å². The van der Waals surface area contributed by atoms with Gasteiger partial charge in [0.15, 0.2) is 0 Å². The fourth-order valence-electron chi connectivity index (χ4n) is 2.73. The van der Waals surface area contributed by atoms with Gasteiger partial charge in [-0.15, -0.1) is 0 Å². The predicted octanol–water partition coefficient (Wildman–Crippen LogP) is 4.61. The van der Waals surface area contributed by atoms with Crippen molar-refractivity contribution in [3.8, 4) is 0 Å². The van der Waals surface area contributed by atoms with E-state index in [0.717, 1.165) is 11.8 Å². The first kappa shape index (κ1) is 12.5. The van der Waals surface area contributed by atoms with Gasteiger partial charge >= 0.3 is 0 Å². The summed E-state index contributed by atoms with van der Waals surface area (Å²) in [6.45, 7) is 4.37. The van der Waals surface area contributed by atoms with E-state index >= 15 is 0 Å². The van der Waals surface area contributed by atoms with Crippen molar-refractivity contribution < 1.29 is 4.79 Å². The normalized spacial score (nSPS) is 16.9. The summed E-state index contributed by atoms with van der Waals surface area (Å²) in [5.74, 6) is 0.314. The molecule has 2 aromatic rings. The first-order valence-electron chi connectivity index (χ1n) is 6.57. The van der Waals surface area contributed by atoms with E-state index in [0.29, 0.717) is 5.92 Å². The molecule has 0 saturated carbocycles. The molecule has 0 N–H and O–H groups in total. The third-order valence-corrected chi connectivity index (χ3v) is 4.81. The van der Waals surface area contributed by atoms with Crippen LogP contribution in [0.4, 0.5) is 0 Å². The third-order valence-electron chi connectivity index (χ3n) is 3.64. The zero-order valence-corrected chi connectivity index (χ0v) is 11.9. The van der Waals surface area contributed by atoms with Crippen LogP contribution in [0, 0.1) is 0 Å². The molecule has 0 bridgehead atoms. The Morgan fingerprint density at radius 2 is 1.79 bits per heavy atom. The molecule has 2 aromatic carbocycles. The number of carbonyl (C=O) groups is 1. The first-order valence-corrected chi connectivity index (χ1v) is 7.39. The zero-order chi connectivity index (χ0) is 13.4. The Labute approximate surface area is 118 Å². The van der Waals surface area contributed by atoms with Crippen LogP contribution in [-0.2, 0) is 4.79 Å². The maximum atomic E-state index is 11.7. The number of aldehydes is 1. The highest BCUT2D eigenvalue weighted by Gasteiger charge is 2.28. The lowest BCUT2D eigenvalue weighted by Crippen LogP contribution is -2.13. The van der Waals surface area contributed by atoms with Crippen LogP contribution in [0.3, 0.4) is 0 Å². The van der Waals surface area contributed by atoms with Crippen molar-refractivity contribution in [1.29, 1.82) is 0 Å². The Balaban J connectivity index is 2.24. The number of rotatable bonds is 2. The van der Waals surface area contributed by atoms with Crippen LogP contribution >= 0.6 is 11.8 Å². The molecule has 96 valence electrons. The summed E-state index contributed by atoms with van der Waals surface area (Å²) in [4.78, 5) is 14.1. The average molecular weight is 268 g/mol. The molecule has 1 heterocycles. The number of fused-ring (bicyclic) bond motifs is 2. The SMILES string of the molecule is CC(C)c1cccc2c1C(C=O)c1ccccc1S2. The van der Waals surface area contributed by atoms with Crippen molar-refractivity contribution in [3.05, 3.63) is 59.2 Å². The molecule has 0 spiro atoms. The molecular weight excluding hydrogens is 252 g/mol. The van der Waals surface area contributed by atoms with Crippen LogP contribution in [0.15, 0.2) is 52.3 Å². The largest absolute Gasteiger partial charge is 0.302 e. The van der Waals surface area contributed by atoms with Gasteiger partial charge in [-0.05, 0) is 34.7 Å². The molecule has 0 aliphatic carbocycles. The first-order chi connectivity index (χ1) is 9.22. The summed E-state index contributed by atoms with van der Waals surface area (Å²) in [6, 6.07) is 14.6. The van der Waals surface area contributed by atoms with Gasteiger partial charge in [0.05, 0.1) is 5.92 Å². The number of hydrogen-bond acceptors (Lipinski definition) is 2. The van der Waals surface area contributed by atoms with Crippen LogP contribution < -0.4 is 0 Å². The standard InChI is InChI=1S/C17H16OS/c1-11(2)12-7-5-9-16-17(12)14(10-18)13-6-3-4-8-15(13)19-16/h3-11,14H,1-2H3. The summed E-state index contributed by atoms with van der Waals surface area (Å²) in [5.41, 5.74) is 3.64. The highest BCUT2D eigenvalue weighted by atomic mass is 32.2. The van der Waals surface area contributed by atoms with Gasteiger partial charge in [0.1, 0.15) is 6.29 Å². The van der Waals surface area contributed by atoms with Gasteiger partial charge < -0.3 is 4.79 Å². The molecule has 0 radical (unpaired) electrons. The van der Waals surface area contributed by atoms with Crippen LogP contribution in [0.25, 0.3) is 0 Å². The molecule has 1 nitrogen and oxygen atoms in total. The maximum absolute atomic E-state index is 11.7. The third kappa shape index (κ3) is 2.00. The molecule has 0 saturated heterocycles. The van der Waals surface area contributed by atoms with Crippen LogP contribution in [0.5, 0.6) is 0 Å². The van der Waals surface area contributed by atoms with E-state index < -0.39 is 0 Å². The lowest BCUT2D eigenvalue weighted by Gasteiger charge is -2.27. The van der Waals surface area contributed by atoms with Gasteiger partial charge in [-0.1, -0.05) is 55.9 Å². The second-order valence-corrected chi connectivity index (χ2v) is 6.25. The van der Waals surface area contributed by atoms with Crippen LogP contribution in [-0.4, -0.2) is 6.29 Å². The Morgan fingerprint density at radius 3 is 2.53 bits per heavy atom. The molecule has 1 unspecified atom stereocenters. The van der Waals surface area contributed by atoms with Crippen molar-refractivity contribution >= 4 is 18.0 Å².